The summed E-state index contributed by atoms with van der Waals surface area (Å²) in [5.41, 5.74) is 7.68. The Morgan fingerprint density at radius 2 is 1.58 bits per heavy atom. The van der Waals surface area contributed by atoms with Crippen molar-refractivity contribution in [2.75, 3.05) is 0 Å². The molecule has 0 spiro atoms. The van der Waals surface area contributed by atoms with E-state index >= 15 is 0 Å². The number of pyridine rings is 1. The molecule has 154 valence electrons. The topological polar surface area (TPSA) is 26.0 Å². The molecule has 5 aromatic rings. The number of hydrogen-bond acceptors (Lipinski definition) is 2. The Hall–Kier alpha value is -3.39. The van der Waals surface area contributed by atoms with E-state index in [0.29, 0.717) is 0 Å². The van der Waals surface area contributed by atoms with Gasteiger partial charge in [0.2, 0.25) is 0 Å². The van der Waals surface area contributed by atoms with E-state index in [4.69, 9.17) is 9.40 Å². The van der Waals surface area contributed by atoms with Crippen LogP contribution in [0.25, 0.3) is 44.3 Å². The predicted molar refractivity (Wildman–Crippen MR) is 130 cm³/mol. The summed E-state index contributed by atoms with van der Waals surface area (Å²) in [5.74, 6) is 0. The maximum atomic E-state index is 6.44. The molecule has 0 atom stereocenters. The zero-order valence-electron chi connectivity index (χ0n) is 18.4. The Morgan fingerprint density at radius 1 is 0.774 bits per heavy atom. The van der Waals surface area contributed by atoms with Crippen molar-refractivity contribution in [3.8, 4) is 22.4 Å². The number of rotatable bonds is 5. The van der Waals surface area contributed by atoms with Crippen LogP contribution in [0.4, 0.5) is 0 Å². The maximum absolute atomic E-state index is 6.44. The lowest BCUT2D eigenvalue weighted by molar-refractivity contribution is 0.438. The summed E-state index contributed by atoms with van der Waals surface area (Å²) in [6.45, 7) is 6.85. The number of nitrogens with zero attached hydrogens (tertiary/aromatic N) is 1. The van der Waals surface area contributed by atoms with Crippen LogP contribution in [0.2, 0.25) is 0 Å². The second kappa shape index (κ2) is 7.70. The van der Waals surface area contributed by atoms with Crippen molar-refractivity contribution in [3.63, 3.8) is 0 Å². The van der Waals surface area contributed by atoms with Crippen molar-refractivity contribution in [1.29, 1.82) is 0 Å². The van der Waals surface area contributed by atoms with Crippen LogP contribution in [-0.2, 0) is 5.41 Å². The highest BCUT2D eigenvalue weighted by Gasteiger charge is 2.23. The minimum atomic E-state index is 0.157. The van der Waals surface area contributed by atoms with Crippen molar-refractivity contribution >= 4 is 21.9 Å². The minimum Gasteiger partial charge on any atom is -0.455 e. The van der Waals surface area contributed by atoms with Gasteiger partial charge in [-0.15, -0.1) is 0 Å². The molecule has 0 saturated carbocycles. The summed E-state index contributed by atoms with van der Waals surface area (Å²) >= 11 is 0. The van der Waals surface area contributed by atoms with E-state index in [1.165, 1.54) is 11.1 Å². The highest BCUT2D eigenvalue weighted by Crippen LogP contribution is 2.38. The summed E-state index contributed by atoms with van der Waals surface area (Å²) < 4.78 is 6.44. The lowest BCUT2D eigenvalue weighted by atomic mass is 9.78. The van der Waals surface area contributed by atoms with Crippen LogP contribution in [0.1, 0.15) is 39.2 Å². The van der Waals surface area contributed by atoms with Gasteiger partial charge in [0.05, 0.1) is 5.69 Å². The predicted octanol–water partition coefficient (Wildman–Crippen LogP) is 8.39. The van der Waals surface area contributed by atoms with E-state index in [1.807, 2.05) is 12.3 Å². The van der Waals surface area contributed by atoms with Crippen LogP contribution in [0.15, 0.2) is 89.5 Å². The molecule has 0 N–H and O–H groups in total. The van der Waals surface area contributed by atoms with Crippen LogP contribution in [0.3, 0.4) is 0 Å². The van der Waals surface area contributed by atoms with Gasteiger partial charge in [0, 0.05) is 22.5 Å². The molecule has 0 fully saturated rings. The molecule has 0 saturated heterocycles. The van der Waals surface area contributed by atoms with E-state index < -0.39 is 0 Å². The van der Waals surface area contributed by atoms with Gasteiger partial charge in [-0.3, -0.25) is 4.98 Å². The van der Waals surface area contributed by atoms with Crippen LogP contribution in [-0.4, -0.2) is 4.98 Å². The largest absolute Gasteiger partial charge is 0.455 e. The standard InChI is InChI=1S/C29H27NO/c1-4-29(3,5-2)22-16-17-30-26(19-22)25-13-9-12-24-23-15-14-21(18-27(23)31-28(24)25)20-10-7-6-8-11-20/h6-19H,4-5H2,1-3H3. The number of benzene rings is 3. The van der Waals surface area contributed by atoms with Crippen LogP contribution < -0.4 is 0 Å². The van der Waals surface area contributed by atoms with E-state index in [1.54, 1.807) is 0 Å². The van der Waals surface area contributed by atoms with Gasteiger partial charge in [0.15, 0.2) is 0 Å². The Balaban J connectivity index is 1.67. The molecule has 31 heavy (non-hydrogen) atoms. The number of aromatic nitrogens is 1. The molecule has 0 aliphatic heterocycles. The summed E-state index contributed by atoms with van der Waals surface area (Å²) in [7, 11) is 0. The third-order valence-electron chi connectivity index (χ3n) is 6.90. The molecule has 5 rings (SSSR count). The van der Waals surface area contributed by atoms with Gasteiger partial charge in [-0.1, -0.05) is 69.3 Å². The van der Waals surface area contributed by atoms with Crippen molar-refractivity contribution in [2.24, 2.45) is 0 Å². The first-order valence-electron chi connectivity index (χ1n) is 11.1. The molecular formula is C29H27NO. The minimum absolute atomic E-state index is 0.157. The van der Waals surface area contributed by atoms with Crippen molar-refractivity contribution in [1.82, 2.24) is 4.98 Å². The first-order chi connectivity index (χ1) is 15.1. The van der Waals surface area contributed by atoms with Gasteiger partial charge in [0.1, 0.15) is 11.2 Å². The molecule has 2 nitrogen and oxygen atoms in total. The van der Waals surface area contributed by atoms with Crippen LogP contribution >= 0.6 is 0 Å². The van der Waals surface area contributed by atoms with Gasteiger partial charge >= 0.3 is 0 Å². The summed E-state index contributed by atoms with van der Waals surface area (Å²) in [4.78, 5) is 4.72. The fourth-order valence-corrected chi connectivity index (χ4v) is 4.42. The fraction of sp³-hybridized carbons (Fsp3) is 0.207. The average molecular weight is 406 g/mol. The van der Waals surface area contributed by atoms with Crippen LogP contribution in [0.5, 0.6) is 0 Å². The van der Waals surface area contributed by atoms with E-state index in [9.17, 15) is 0 Å². The molecule has 2 heteroatoms. The fourth-order valence-electron chi connectivity index (χ4n) is 4.42. The smallest absolute Gasteiger partial charge is 0.144 e. The van der Waals surface area contributed by atoms with Gasteiger partial charge < -0.3 is 4.42 Å². The summed E-state index contributed by atoms with van der Waals surface area (Å²) in [6.07, 6.45) is 4.14. The third kappa shape index (κ3) is 3.33. The highest BCUT2D eigenvalue weighted by molar-refractivity contribution is 6.10. The molecule has 0 amide bonds. The van der Waals surface area contributed by atoms with E-state index in [0.717, 1.165) is 51.6 Å². The second-order valence-electron chi connectivity index (χ2n) is 8.56. The zero-order chi connectivity index (χ0) is 21.4. The number of furan rings is 1. The molecule has 2 heterocycles. The third-order valence-corrected chi connectivity index (χ3v) is 6.90. The lowest BCUT2D eigenvalue weighted by Crippen LogP contribution is -2.19. The molecule has 0 radical (unpaired) electrons. The zero-order valence-corrected chi connectivity index (χ0v) is 18.4. The Labute approximate surface area is 183 Å². The molecule has 0 aliphatic rings. The van der Waals surface area contributed by atoms with Crippen molar-refractivity contribution in [3.05, 3.63) is 90.6 Å². The first kappa shape index (κ1) is 19.6. The molecular weight excluding hydrogens is 378 g/mol. The van der Waals surface area contributed by atoms with Crippen molar-refractivity contribution < 1.29 is 4.42 Å². The molecule has 2 aromatic heterocycles. The summed E-state index contributed by atoms with van der Waals surface area (Å²) in [5, 5.41) is 2.27. The Morgan fingerprint density at radius 3 is 2.35 bits per heavy atom. The number of fused-ring (bicyclic) bond motifs is 3. The SMILES string of the molecule is CCC(C)(CC)c1ccnc(-c2cccc3c2oc2cc(-c4ccccc4)ccc23)c1. The van der Waals surface area contributed by atoms with Crippen molar-refractivity contribution in [2.45, 2.75) is 39.0 Å². The first-order valence-corrected chi connectivity index (χ1v) is 11.1. The normalized spacial score (nSPS) is 12.0. The van der Waals surface area contributed by atoms with Gasteiger partial charge in [-0.2, -0.15) is 0 Å². The monoisotopic (exact) mass is 405 g/mol. The van der Waals surface area contributed by atoms with Gasteiger partial charge in [-0.25, -0.2) is 0 Å². The lowest BCUT2D eigenvalue weighted by Gasteiger charge is -2.27. The Bertz CT molecular complexity index is 1360. The number of para-hydroxylation sites is 1. The Kier molecular flexibility index (Phi) is 4.86. The summed E-state index contributed by atoms with van der Waals surface area (Å²) in [6, 6.07) is 27.7. The highest BCUT2D eigenvalue weighted by atomic mass is 16.3. The van der Waals surface area contributed by atoms with Gasteiger partial charge in [-0.05, 0) is 65.3 Å². The van der Waals surface area contributed by atoms with E-state index in [-0.39, 0.29) is 5.41 Å². The molecule has 0 unspecified atom stereocenters. The average Bonchev–Trinajstić information content (AvgIpc) is 3.22. The quantitative estimate of drug-likeness (QED) is 0.293. The van der Waals surface area contributed by atoms with E-state index in [2.05, 4.69) is 93.6 Å². The molecule has 3 aromatic carbocycles. The number of hydrogen-bond donors (Lipinski definition) is 0. The second-order valence-corrected chi connectivity index (χ2v) is 8.56. The van der Waals surface area contributed by atoms with Gasteiger partial charge in [0.25, 0.3) is 0 Å². The molecule has 0 bridgehead atoms. The van der Waals surface area contributed by atoms with Crippen LogP contribution in [0, 0.1) is 0 Å². The maximum Gasteiger partial charge on any atom is 0.144 e. The molecule has 0 aliphatic carbocycles.